The molecule has 3 fully saturated rings. The molecule has 1 aromatic carbocycles. The van der Waals surface area contributed by atoms with Crippen molar-refractivity contribution >= 4 is 48.7 Å². The molecule has 0 atom stereocenters. The van der Waals surface area contributed by atoms with Gasteiger partial charge in [0.1, 0.15) is 0 Å². The van der Waals surface area contributed by atoms with Gasteiger partial charge in [0.2, 0.25) is 0 Å². The van der Waals surface area contributed by atoms with E-state index in [9.17, 15) is 4.79 Å². The maximum absolute atomic E-state index is 13.4. The molecule has 0 aromatic heterocycles. The molecule has 30 heavy (non-hydrogen) atoms. The van der Waals surface area contributed by atoms with Crippen molar-refractivity contribution in [3.8, 4) is 0 Å². The Morgan fingerprint density at radius 2 is 1.10 bits per heavy atom. The topological polar surface area (TPSA) is 26.3 Å². The monoisotopic (exact) mass is 628 g/mol. The summed E-state index contributed by atoms with van der Waals surface area (Å²) in [5.41, 5.74) is 1.12. The minimum atomic E-state index is -3.17. The molecule has 3 aliphatic carbocycles. The Labute approximate surface area is 205 Å². The summed E-state index contributed by atoms with van der Waals surface area (Å²) in [5, 5.41) is 0. The molecule has 2 nitrogen and oxygen atoms in total. The van der Waals surface area contributed by atoms with Gasteiger partial charge in [-0.1, -0.05) is 0 Å². The maximum atomic E-state index is 13.4. The molecule has 0 radical (unpaired) electrons. The molecular formula is C26H44O2Sn2. The molecule has 1 aromatic rings. The SMILES string of the molecule is O=C(Cc1ccccc1)[O][Sn]([CH]1CCCCC1)([CH]1CCCCC1)[CH]1CCCCC1.[SnH4]. The van der Waals surface area contributed by atoms with E-state index in [1.54, 1.807) is 0 Å². The number of benzene rings is 1. The average Bonchev–Trinajstić information content (AvgIpc) is 2.80. The fourth-order valence-electron chi connectivity index (χ4n) is 6.91. The third-order valence-electron chi connectivity index (χ3n) is 8.21. The van der Waals surface area contributed by atoms with Crippen LogP contribution in [0.25, 0.3) is 0 Å². The van der Waals surface area contributed by atoms with E-state index in [-0.39, 0.29) is 29.9 Å². The van der Waals surface area contributed by atoms with E-state index < -0.39 is 18.8 Å². The molecule has 0 unspecified atom stereocenters. The molecule has 0 aliphatic heterocycles. The summed E-state index contributed by atoms with van der Waals surface area (Å²) in [6, 6.07) is 10.3. The van der Waals surface area contributed by atoms with E-state index in [1.807, 2.05) is 18.2 Å². The number of hydrogen-bond donors (Lipinski definition) is 0. The molecule has 168 valence electrons. The Hall–Kier alpha value is 0.287. The van der Waals surface area contributed by atoms with Gasteiger partial charge >= 0.3 is 207 Å². The van der Waals surface area contributed by atoms with Crippen LogP contribution in [0, 0.1) is 0 Å². The van der Waals surface area contributed by atoms with Gasteiger partial charge in [0, 0.05) is 0 Å². The van der Waals surface area contributed by atoms with E-state index >= 15 is 0 Å². The molecule has 0 amide bonds. The van der Waals surface area contributed by atoms with Crippen LogP contribution in [-0.2, 0) is 14.3 Å². The summed E-state index contributed by atoms with van der Waals surface area (Å²) in [7, 11) is 0. The summed E-state index contributed by atoms with van der Waals surface area (Å²) in [5.74, 6) is 0.119. The van der Waals surface area contributed by atoms with Crippen molar-refractivity contribution in [3.63, 3.8) is 0 Å². The van der Waals surface area contributed by atoms with Crippen LogP contribution >= 0.6 is 0 Å². The van der Waals surface area contributed by atoms with Crippen molar-refractivity contribution < 1.29 is 7.87 Å². The zero-order valence-electron chi connectivity index (χ0n) is 18.2. The Morgan fingerprint density at radius 1 is 0.700 bits per heavy atom. The van der Waals surface area contributed by atoms with E-state index in [0.29, 0.717) is 6.42 Å². The second-order valence-corrected chi connectivity index (χ2v) is 22.4. The van der Waals surface area contributed by atoms with E-state index in [4.69, 9.17) is 3.07 Å². The molecule has 0 bridgehead atoms. The zero-order chi connectivity index (χ0) is 19.9. The molecule has 0 saturated heterocycles. The number of carbonyl (C=O) groups is 1. The summed E-state index contributed by atoms with van der Waals surface area (Å²) in [6.45, 7) is 0. The van der Waals surface area contributed by atoms with Crippen molar-refractivity contribution in [1.29, 1.82) is 0 Å². The fourth-order valence-corrected chi connectivity index (χ4v) is 26.6. The van der Waals surface area contributed by atoms with Crippen molar-refractivity contribution in [2.45, 2.75) is 115 Å². The molecule has 4 heteroatoms. The summed E-state index contributed by atoms with van der Waals surface area (Å²) in [4.78, 5) is 13.4. The first-order valence-corrected chi connectivity index (χ1v) is 18.7. The predicted molar refractivity (Wildman–Crippen MR) is 134 cm³/mol. The van der Waals surface area contributed by atoms with E-state index in [2.05, 4.69) is 12.1 Å². The van der Waals surface area contributed by atoms with Crippen LogP contribution in [0.15, 0.2) is 30.3 Å². The van der Waals surface area contributed by atoms with E-state index in [0.717, 1.165) is 17.4 Å². The Morgan fingerprint density at radius 3 is 1.50 bits per heavy atom. The van der Waals surface area contributed by atoms with Crippen LogP contribution in [-0.4, -0.2) is 48.7 Å². The summed E-state index contributed by atoms with van der Waals surface area (Å²) < 4.78 is 9.42. The third-order valence-corrected chi connectivity index (χ3v) is 25.7. The van der Waals surface area contributed by atoms with Gasteiger partial charge < -0.3 is 0 Å². The number of carbonyl (C=O) groups excluding carboxylic acids is 1. The minimum absolute atomic E-state index is 0. The van der Waals surface area contributed by atoms with Crippen LogP contribution in [0.2, 0.25) is 11.8 Å². The van der Waals surface area contributed by atoms with Gasteiger partial charge in [0.25, 0.3) is 0 Å². The Kier molecular flexibility index (Phi) is 10.4. The first-order valence-electron chi connectivity index (χ1n) is 12.5. The van der Waals surface area contributed by atoms with Crippen LogP contribution in [0.4, 0.5) is 0 Å². The molecule has 3 saturated carbocycles. The van der Waals surface area contributed by atoms with Crippen LogP contribution in [0.3, 0.4) is 0 Å². The van der Waals surface area contributed by atoms with Crippen LogP contribution in [0.5, 0.6) is 0 Å². The zero-order valence-corrected chi connectivity index (χ0v) is 21.1. The molecule has 3 aliphatic rings. The van der Waals surface area contributed by atoms with Crippen molar-refractivity contribution in [2.75, 3.05) is 0 Å². The standard InChI is InChI=1S/C8H8O2.3C6H11.2Sn.4H/c9-8(10)6-7-4-2-1-3-5-7;3*1-2-4-6-5-3-1;;;;;;/h1-5H,6H2,(H,9,10);3*1H,2-6H2;;;;;;/q;;;;;+1;;;;/p-1. The van der Waals surface area contributed by atoms with Gasteiger partial charge in [-0.05, 0) is 0 Å². The summed E-state index contributed by atoms with van der Waals surface area (Å²) >= 11 is -3.17. The molecule has 0 heterocycles. The Bertz CT molecular complexity index is 584. The van der Waals surface area contributed by atoms with Gasteiger partial charge in [0.05, 0.1) is 0 Å². The van der Waals surface area contributed by atoms with Gasteiger partial charge in [-0.15, -0.1) is 0 Å². The second kappa shape index (κ2) is 12.5. The fraction of sp³-hybridized carbons (Fsp3) is 0.731. The Balaban J connectivity index is 0.00000256. The van der Waals surface area contributed by atoms with Gasteiger partial charge in [0.15, 0.2) is 0 Å². The van der Waals surface area contributed by atoms with Crippen molar-refractivity contribution in [2.24, 2.45) is 0 Å². The van der Waals surface area contributed by atoms with Crippen LogP contribution < -0.4 is 0 Å². The first-order chi connectivity index (χ1) is 14.3. The van der Waals surface area contributed by atoms with Crippen LogP contribution in [0.1, 0.15) is 102 Å². The predicted octanol–water partition coefficient (Wildman–Crippen LogP) is 6.27. The normalized spacial score (nSPS) is 22.3. The van der Waals surface area contributed by atoms with Crippen molar-refractivity contribution in [3.05, 3.63) is 35.9 Å². The number of hydrogen-bond acceptors (Lipinski definition) is 2. The van der Waals surface area contributed by atoms with Gasteiger partial charge in [-0.3, -0.25) is 0 Å². The van der Waals surface area contributed by atoms with Crippen molar-refractivity contribution in [1.82, 2.24) is 0 Å². The third kappa shape index (κ3) is 5.99. The first kappa shape index (κ1) is 24.9. The van der Waals surface area contributed by atoms with E-state index in [1.165, 1.54) is 96.3 Å². The molecule has 4 rings (SSSR count). The summed E-state index contributed by atoms with van der Waals surface area (Å²) in [6.07, 6.45) is 21.1. The second-order valence-electron chi connectivity index (χ2n) is 9.99. The molecule has 0 spiro atoms. The quantitative estimate of drug-likeness (QED) is 0.349. The van der Waals surface area contributed by atoms with Gasteiger partial charge in [-0.2, -0.15) is 0 Å². The average molecular weight is 626 g/mol. The van der Waals surface area contributed by atoms with Gasteiger partial charge in [-0.25, -0.2) is 0 Å². The molecule has 0 N–H and O–H groups in total. The molecular weight excluding hydrogens is 582 g/mol. The number of rotatable bonds is 6.